The van der Waals surface area contributed by atoms with Gasteiger partial charge in [0.05, 0.1) is 138 Å². The fraction of sp³-hybridized carbons (Fsp3) is 0.587. The summed E-state index contributed by atoms with van der Waals surface area (Å²) in [4.78, 5) is 30.2. The molecule has 4 aromatic carbocycles. The number of hydrogen-bond acceptors (Lipinski definition) is 22. The minimum atomic E-state index is -0.914. The summed E-state index contributed by atoms with van der Waals surface area (Å²) in [5.41, 5.74) is 1.82. The third-order valence-electron chi connectivity index (χ3n) is 13.3. The molecule has 4 N–H and O–H groups in total. The number of ether oxygens (including phenoxy) is 12. The van der Waals surface area contributed by atoms with E-state index in [0.717, 1.165) is 42.8 Å². The molecule has 20 nitrogen and oxygen atoms in total. The summed E-state index contributed by atoms with van der Waals surface area (Å²) in [6.45, 7) is 17.7. The van der Waals surface area contributed by atoms with E-state index in [4.69, 9.17) is 56.8 Å². The van der Waals surface area contributed by atoms with E-state index in [2.05, 4.69) is 0 Å². The highest BCUT2D eigenvalue weighted by Gasteiger charge is 2.21. The van der Waals surface area contributed by atoms with Crippen molar-refractivity contribution in [1.82, 2.24) is 9.80 Å². The molecule has 0 radical (unpaired) electrons. The highest BCUT2D eigenvalue weighted by molar-refractivity contribution is 7.25. The molecule has 0 spiro atoms. The van der Waals surface area contributed by atoms with E-state index in [0.29, 0.717) is 178 Å². The molecule has 472 valence electrons. The Balaban J connectivity index is 0.648. The standard InChI is InChI=1S/C63H90N2O18S2/c1-5-15-64(40-49(67)43-82-51-35-46(3)62-55(37-51)60(70)53-11-7-9-13-57(53)84-62)39-48(66)42-80-33-31-78-29-27-76-25-23-74-21-19-72-17-18-73-20-22-75-24-26-77-28-30-79-32-34-81-45-59(69)65(16-6-2)41-50(68)44-83-52-36-47(4)63-56(38-52)61(71)54-12-8-10-14-58(54)85-63/h7-14,35-38,48-50,59,66-69H,5-6,15-34,39-45H2,1-4H3. The summed E-state index contributed by atoms with van der Waals surface area (Å²) in [6, 6.07) is 22.5. The lowest BCUT2D eigenvalue weighted by Gasteiger charge is -2.29. The van der Waals surface area contributed by atoms with E-state index >= 15 is 0 Å². The van der Waals surface area contributed by atoms with Crippen LogP contribution in [-0.4, -0.2) is 233 Å². The van der Waals surface area contributed by atoms with Gasteiger partial charge in [-0.15, -0.1) is 22.7 Å². The molecular formula is C63H90N2O18S2. The molecule has 0 bridgehead atoms. The first-order valence-electron chi connectivity index (χ1n) is 29.6. The van der Waals surface area contributed by atoms with Gasteiger partial charge in [0.2, 0.25) is 0 Å². The van der Waals surface area contributed by atoms with Gasteiger partial charge in [0.1, 0.15) is 43.1 Å². The number of aliphatic hydroxyl groups excluding tert-OH is 4. The SMILES string of the molecule is CCCN(CC(O)COCCOCCOCCOCCOCCOCCOCCOCCOCCOCC(O)N(CCC)CC(O)COc1cc(C)c2sc3ccccc3c(=O)c2c1)CC(O)COc1cc(C)c2sc3ccccc3c(=O)c2c1. The molecule has 22 heteroatoms. The molecule has 0 aliphatic carbocycles. The molecule has 0 saturated carbocycles. The third-order valence-corrected chi connectivity index (χ3v) is 16.0. The molecule has 4 unspecified atom stereocenters. The van der Waals surface area contributed by atoms with E-state index in [1.807, 2.05) is 93.3 Å². The van der Waals surface area contributed by atoms with Crippen LogP contribution in [-0.2, 0) is 47.4 Å². The monoisotopic (exact) mass is 1230 g/mol. The number of hydrogen-bond donors (Lipinski definition) is 4. The molecule has 2 heterocycles. The predicted molar refractivity (Wildman–Crippen MR) is 332 cm³/mol. The van der Waals surface area contributed by atoms with Crippen molar-refractivity contribution in [1.29, 1.82) is 0 Å². The van der Waals surface area contributed by atoms with Crippen molar-refractivity contribution in [2.24, 2.45) is 0 Å². The van der Waals surface area contributed by atoms with Crippen LogP contribution in [0.4, 0.5) is 0 Å². The van der Waals surface area contributed by atoms with E-state index in [1.54, 1.807) is 39.7 Å². The zero-order chi connectivity index (χ0) is 60.4. The topological polar surface area (TPSA) is 232 Å². The quantitative estimate of drug-likeness (QED) is 0.0189. The van der Waals surface area contributed by atoms with Gasteiger partial charge in [-0.2, -0.15) is 0 Å². The molecule has 2 aromatic heterocycles. The van der Waals surface area contributed by atoms with Crippen LogP contribution in [0, 0.1) is 13.8 Å². The van der Waals surface area contributed by atoms with Crippen LogP contribution in [0.1, 0.15) is 37.8 Å². The molecule has 0 aliphatic rings. The van der Waals surface area contributed by atoms with E-state index < -0.39 is 24.5 Å². The minimum Gasteiger partial charge on any atom is -0.491 e. The third kappa shape index (κ3) is 25.0. The first kappa shape index (κ1) is 69.7. The number of benzene rings is 4. The smallest absolute Gasteiger partial charge is 0.196 e. The Morgan fingerprint density at radius 2 is 0.753 bits per heavy atom. The Bertz CT molecular complexity index is 2950. The van der Waals surface area contributed by atoms with Gasteiger partial charge in [-0.05, 0) is 92.9 Å². The summed E-state index contributed by atoms with van der Waals surface area (Å²) in [5, 5.41) is 45.7. The van der Waals surface area contributed by atoms with Crippen LogP contribution in [0.25, 0.3) is 40.3 Å². The predicted octanol–water partition coefficient (Wildman–Crippen LogP) is 6.21. The lowest BCUT2D eigenvalue weighted by atomic mass is 10.1. The summed E-state index contributed by atoms with van der Waals surface area (Å²) in [7, 11) is 0. The van der Waals surface area contributed by atoms with Gasteiger partial charge in [0.25, 0.3) is 0 Å². The second kappa shape index (κ2) is 40.2. The Labute approximate surface area is 506 Å². The highest BCUT2D eigenvalue weighted by Crippen LogP contribution is 2.32. The zero-order valence-electron chi connectivity index (χ0n) is 50.0. The molecule has 0 saturated heterocycles. The Morgan fingerprint density at radius 1 is 0.412 bits per heavy atom. The van der Waals surface area contributed by atoms with Crippen molar-refractivity contribution in [3.63, 3.8) is 0 Å². The largest absolute Gasteiger partial charge is 0.491 e. The Hall–Kier alpha value is -4.38. The van der Waals surface area contributed by atoms with Crippen molar-refractivity contribution < 1.29 is 77.3 Å². The number of rotatable bonds is 48. The number of aryl methyl sites for hydroxylation is 2. The molecule has 0 aliphatic heterocycles. The van der Waals surface area contributed by atoms with Crippen LogP contribution in [0.2, 0.25) is 0 Å². The van der Waals surface area contributed by atoms with Crippen molar-refractivity contribution in [3.05, 3.63) is 104 Å². The van der Waals surface area contributed by atoms with Gasteiger partial charge in [-0.3, -0.25) is 19.4 Å². The van der Waals surface area contributed by atoms with E-state index in [1.165, 1.54) is 0 Å². The molecule has 4 atom stereocenters. The maximum Gasteiger partial charge on any atom is 0.196 e. The lowest BCUT2D eigenvalue weighted by molar-refractivity contribution is -0.0832. The molecule has 85 heavy (non-hydrogen) atoms. The van der Waals surface area contributed by atoms with Crippen molar-refractivity contribution >= 4 is 63.0 Å². The summed E-state index contributed by atoms with van der Waals surface area (Å²) < 4.78 is 71.5. The van der Waals surface area contributed by atoms with Gasteiger partial charge in [0, 0.05) is 66.5 Å². The van der Waals surface area contributed by atoms with E-state index in [-0.39, 0.29) is 43.8 Å². The Morgan fingerprint density at radius 3 is 1.14 bits per heavy atom. The second-order valence-electron chi connectivity index (χ2n) is 20.5. The maximum absolute atomic E-state index is 13.2. The summed E-state index contributed by atoms with van der Waals surface area (Å²) in [5.74, 6) is 1.06. The number of fused-ring (bicyclic) bond motifs is 4. The molecule has 6 aromatic rings. The average Bonchev–Trinajstić information content (AvgIpc) is 1.89. The number of aliphatic hydroxyl groups is 4. The van der Waals surface area contributed by atoms with Crippen molar-refractivity contribution in [3.8, 4) is 11.5 Å². The average molecular weight is 1230 g/mol. The first-order valence-corrected chi connectivity index (χ1v) is 31.2. The zero-order valence-corrected chi connectivity index (χ0v) is 51.6. The fourth-order valence-corrected chi connectivity index (χ4v) is 11.5. The van der Waals surface area contributed by atoms with Crippen LogP contribution in [0.5, 0.6) is 11.5 Å². The maximum atomic E-state index is 13.2. The number of nitrogens with zero attached hydrogens (tertiary/aromatic N) is 2. The van der Waals surface area contributed by atoms with Crippen LogP contribution >= 0.6 is 22.7 Å². The molecule has 6 rings (SSSR count). The first-order chi connectivity index (χ1) is 41.4. The molecule has 0 amide bonds. The van der Waals surface area contributed by atoms with Gasteiger partial charge < -0.3 is 77.3 Å². The highest BCUT2D eigenvalue weighted by atomic mass is 32.1. The minimum absolute atomic E-state index is 0.00217. The van der Waals surface area contributed by atoms with Crippen molar-refractivity contribution in [2.75, 3.05) is 178 Å². The second-order valence-corrected chi connectivity index (χ2v) is 22.6. The van der Waals surface area contributed by atoms with Crippen LogP contribution in [0.15, 0.2) is 82.4 Å². The lowest BCUT2D eigenvalue weighted by Crippen LogP contribution is -2.45. The normalized spacial score (nSPS) is 13.5. The van der Waals surface area contributed by atoms with Gasteiger partial charge >= 0.3 is 0 Å². The molecule has 0 fully saturated rings. The van der Waals surface area contributed by atoms with E-state index in [9.17, 15) is 30.0 Å². The van der Waals surface area contributed by atoms with Crippen LogP contribution in [0.3, 0.4) is 0 Å². The van der Waals surface area contributed by atoms with Gasteiger partial charge in [-0.1, -0.05) is 38.1 Å². The van der Waals surface area contributed by atoms with Crippen molar-refractivity contribution in [2.45, 2.75) is 65.1 Å². The summed E-state index contributed by atoms with van der Waals surface area (Å²) in [6.07, 6.45) is -1.70. The molecular weight excluding hydrogens is 1140 g/mol. The summed E-state index contributed by atoms with van der Waals surface area (Å²) >= 11 is 3.16. The fourth-order valence-electron chi connectivity index (χ4n) is 9.28. The Kier molecular flexibility index (Phi) is 33.0. The van der Waals surface area contributed by atoms with Gasteiger partial charge in [-0.25, -0.2) is 0 Å². The van der Waals surface area contributed by atoms with Gasteiger partial charge in [0.15, 0.2) is 10.9 Å². The van der Waals surface area contributed by atoms with Crippen LogP contribution < -0.4 is 20.3 Å².